The fourth-order valence-electron chi connectivity index (χ4n) is 3.84. The van der Waals surface area contributed by atoms with E-state index < -0.39 is 9.84 Å². The number of rotatable bonds is 10. The number of aryl methyl sites for hydroxylation is 4. The van der Waals surface area contributed by atoms with Crippen molar-refractivity contribution in [2.45, 2.75) is 88.9 Å². The summed E-state index contributed by atoms with van der Waals surface area (Å²) in [4.78, 5) is 0.682. The lowest BCUT2D eigenvalue weighted by Gasteiger charge is -2.17. The zero-order valence-corrected chi connectivity index (χ0v) is 19.2. The van der Waals surface area contributed by atoms with Crippen molar-refractivity contribution in [1.82, 2.24) is 0 Å². The van der Waals surface area contributed by atoms with Crippen LogP contribution in [0.15, 0.2) is 34.1 Å². The van der Waals surface area contributed by atoms with E-state index in [1.54, 1.807) is 24.3 Å². The van der Waals surface area contributed by atoms with Crippen molar-refractivity contribution in [3.05, 3.63) is 46.5 Å². The summed E-state index contributed by atoms with van der Waals surface area (Å²) in [6.45, 7) is 8.31. The fraction of sp³-hybridized carbons (Fsp3) is 0.500. The van der Waals surface area contributed by atoms with Gasteiger partial charge in [-0.05, 0) is 72.2 Å². The van der Waals surface area contributed by atoms with E-state index in [9.17, 15) is 8.42 Å². The molecule has 29 heavy (non-hydrogen) atoms. The standard InChI is InChI=1S/C24H36N2O2S/c1-5-9-17-13-21(14-18(10-6-2)23(17)25)29(27,28)22-15-19(11-7-3)24(26)20(16-22)12-8-4/h13-16H,5-12,25-26H2,1-4H3. The summed E-state index contributed by atoms with van der Waals surface area (Å²) in [7, 11) is -3.65. The number of anilines is 2. The van der Waals surface area contributed by atoms with E-state index >= 15 is 0 Å². The van der Waals surface area contributed by atoms with Crippen LogP contribution in [0.2, 0.25) is 0 Å². The molecule has 0 heterocycles. The first-order chi connectivity index (χ1) is 13.8. The molecular formula is C24H36N2O2S. The van der Waals surface area contributed by atoms with E-state index in [2.05, 4.69) is 27.7 Å². The predicted octanol–water partition coefficient (Wildman–Crippen LogP) is 5.49. The second kappa shape index (κ2) is 10.1. The molecule has 0 unspecified atom stereocenters. The summed E-state index contributed by atoms with van der Waals surface area (Å²) in [6.07, 6.45) is 6.77. The molecule has 0 aliphatic carbocycles. The summed E-state index contributed by atoms with van der Waals surface area (Å²) in [5.74, 6) is 0. The third kappa shape index (κ3) is 5.13. The number of sulfone groups is 1. The molecule has 4 nitrogen and oxygen atoms in total. The molecule has 2 aromatic carbocycles. The average Bonchev–Trinajstić information content (AvgIpc) is 2.68. The number of hydrogen-bond donors (Lipinski definition) is 2. The molecule has 160 valence electrons. The predicted molar refractivity (Wildman–Crippen MR) is 123 cm³/mol. The van der Waals surface area contributed by atoms with Crippen molar-refractivity contribution < 1.29 is 8.42 Å². The second-order valence-corrected chi connectivity index (χ2v) is 9.76. The summed E-state index contributed by atoms with van der Waals surface area (Å²) in [5.41, 5.74) is 17.9. The third-order valence-corrected chi connectivity index (χ3v) is 7.06. The van der Waals surface area contributed by atoms with E-state index in [4.69, 9.17) is 11.5 Å². The molecule has 0 radical (unpaired) electrons. The summed E-state index contributed by atoms with van der Waals surface area (Å²) < 4.78 is 27.2. The Labute approximate surface area is 176 Å². The monoisotopic (exact) mass is 416 g/mol. The Morgan fingerprint density at radius 3 is 1.03 bits per heavy atom. The summed E-state index contributed by atoms with van der Waals surface area (Å²) >= 11 is 0. The highest BCUT2D eigenvalue weighted by Crippen LogP contribution is 2.32. The molecule has 0 aromatic heterocycles. The van der Waals surface area contributed by atoms with Gasteiger partial charge in [-0.25, -0.2) is 8.42 Å². The lowest BCUT2D eigenvalue weighted by molar-refractivity contribution is 0.595. The Bertz CT molecular complexity index is 824. The van der Waals surface area contributed by atoms with Crippen molar-refractivity contribution in [3.8, 4) is 0 Å². The minimum absolute atomic E-state index is 0.341. The van der Waals surface area contributed by atoms with Crippen LogP contribution in [-0.2, 0) is 35.5 Å². The SMILES string of the molecule is CCCc1cc(S(=O)(=O)c2cc(CCC)c(N)c(CCC)c2)cc(CCC)c1N. The van der Waals surface area contributed by atoms with Gasteiger partial charge in [0, 0.05) is 11.4 Å². The molecule has 0 saturated carbocycles. The molecule has 4 N–H and O–H groups in total. The zero-order valence-electron chi connectivity index (χ0n) is 18.3. The van der Waals surface area contributed by atoms with E-state index in [0.717, 1.165) is 85.0 Å². The molecular weight excluding hydrogens is 380 g/mol. The van der Waals surface area contributed by atoms with Crippen LogP contribution in [0.4, 0.5) is 11.4 Å². The molecule has 2 aromatic rings. The molecule has 0 saturated heterocycles. The first-order valence-corrected chi connectivity index (χ1v) is 12.4. The van der Waals surface area contributed by atoms with Crippen molar-refractivity contribution in [1.29, 1.82) is 0 Å². The van der Waals surface area contributed by atoms with Gasteiger partial charge in [-0.3, -0.25) is 0 Å². The minimum atomic E-state index is -3.65. The Morgan fingerprint density at radius 1 is 0.586 bits per heavy atom. The van der Waals surface area contributed by atoms with Gasteiger partial charge >= 0.3 is 0 Å². The van der Waals surface area contributed by atoms with Gasteiger partial charge in [-0.1, -0.05) is 53.4 Å². The fourth-order valence-corrected chi connectivity index (χ4v) is 5.31. The third-order valence-electron chi connectivity index (χ3n) is 5.35. The van der Waals surface area contributed by atoms with Gasteiger partial charge < -0.3 is 11.5 Å². The van der Waals surface area contributed by atoms with E-state index in [-0.39, 0.29) is 0 Å². The van der Waals surface area contributed by atoms with E-state index in [1.165, 1.54) is 0 Å². The number of hydrogen-bond acceptors (Lipinski definition) is 4. The second-order valence-electron chi connectivity index (χ2n) is 7.81. The minimum Gasteiger partial charge on any atom is -0.398 e. The molecule has 0 spiro atoms. The van der Waals surface area contributed by atoms with Gasteiger partial charge in [0.05, 0.1) is 9.79 Å². The van der Waals surface area contributed by atoms with Crippen LogP contribution in [-0.4, -0.2) is 8.42 Å². The highest BCUT2D eigenvalue weighted by molar-refractivity contribution is 7.91. The largest absolute Gasteiger partial charge is 0.398 e. The van der Waals surface area contributed by atoms with Crippen LogP contribution >= 0.6 is 0 Å². The first-order valence-electron chi connectivity index (χ1n) is 10.9. The highest BCUT2D eigenvalue weighted by atomic mass is 32.2. The molecule has 0 bridgehead atoms. The molecule has 0 aliphatic rings. The highest BCUT2D eigenvalue weighted by Gasteiger charge is 2.23. The molecule has 2 rings (SSSR count). The molecule has 0 atom stereocenters. The topological polar surface area (TPSA) is 86.2 Å². The molecule has 0 aliphatic heterocycles. The van der Waals surface area contributed by atoms with Crippen molar-refractivity contribution in [2.24, 2.45) is 0 Å². The lowest BCUT2D eigenvalue weighted by Crippen LogP contribution is -2.10. The van der Waals surface area contributed by atoms with Crippen LogP contribution in [0.25, 0.3) is 0 Å². The van der Waals surface area contributed by atoms with Crippen molar-refractivity contribution in [2.75, 3.05) is 11.5 Å². The molecule has 0 fully saturated rings. The van der Waals surface area contributed by atoms with E-state index in [1.807, 2.05) is 0 Å². The van der Waals surface area contributed by atoms with Crippen LogP contribution in [0.1, 0.15) is 75.6 Å². The van der Waals surface area contributed by atoms with E-state index in [0.29, 0.717) is 9.79 Å². The van der Waals surface area contributed by atoms with Gasteiger partial charge in [0.25, 0.3) is 0 Å². The normalized spacial score (nSPS) is 11.7. The summed E-state index contributed by atoms with van der Waals surface area (Å²) in [6, 6.07) is 7.07. The quantitative estimate of drug-likeness (QED) is 0.501. The summed E-state index contributed by atoms with van der Waals surface area (Å²) in [5, 5.41) is 0. The van der Waals surface area contributed by atoms with Crippen LogP contribution in [0, 0.1) is 0 Å². The number of nitrogens with two attached hydrogens (primary N) is 2. The molecule has 5 heteroatoms. The van der Waals surface area contributed by atoms with Crippen molar-refractivity contribution in [3.63, 3.8) is 0 Å². The Balaban J connectivity index is 2.68. The van der Waals surface area contributed by atoms with Crippen LogP contribution in [0.5, 0.6) is 0 Å². The van der Waals surface area contributed by atoms with Gasteiger partial charge in [0.1, 0.15) is 0 Å². The maximum absolute atomic E-state index is 13.6. The van der Waals surface area contributed by atoms with Gasteiger partial charge in [-0.15, -0.1) is 0 Å². The lowest BCUT2D eigenvalue weighted by atomic mass is 10.0. The maximum Gasteiger partial charge on any atom is 0.206 e. The maximum atomic E-state index is 13.6. The van der Waals surface area contributed by atoms with Gasteiger partial charge in [-0.2, -0.15) is 0 Å². The number of nitrogen functional groups attached to an aromatic ring is 2. The van der Waals surface area contributed by atoms with Crippen LogP contribution < -0.4 is 11.5 Å². The Kier molecular flexibility index (Phi) is 8.14. The molecule has 0 amide bonds. The first kappa shape index (κ1) is 23.3. The average molecular weight is 417 g/mol. The zero-order chi connectivity index (χ0) is 21.6. The van der Waals surface area contributed by atoms with Gasteiger partial charge in [0.15, 0.2) is 0 Å². The van der Waals surface area contributed by atoms with Crippen LogP contribution in [0.3, 0.4) is 0 Å². The smallest absolute Gasteiger partial charge is 0.206 e. The number of benzene rings is 2. The van der Waals surface area contributed by atoms with Gasteiger partial charge in [0.2, 0.25) is 9.84 Å². The Hall–Kier alpha value is -2.01. The van der Waals surface area contributed by atoms with Crippen molar-refractivity contribution >= 4 is 21.2 Å². The Morgan fingerprint density at radius 2 is 0.828 bits per heavy atom.